The number of alkyl halides is 3. The lowest BCUT2D eigenvalue weighted by Gasteiger charge is -2.45. The summed E-state index contributed by atoms with van der Waals surface area (Å²) in [6.07, 6.45) is 3.30. The van der Waals surface area contributed by atoms with E-state index in [0.717, 1.165) is 74.6 Å². The molecule has 3 heterocycles. The third-order valence-corrected chi connectivity index (χ3v) is 10.2. The topological polar surface area (TPSA) is 74.4 Å². The minimum absolute atomic E-state index is 0.150. The first-order valence-corrected chi connectivity index (χ1v) is 15.4. The molecule has 0 unspecified atom stereocenters. The van der Waals surface area contributed by atoms with Crippen molar-refractivity contribution < 1.29 is 26.3 Å². The summed E-state index contributed by atoms with van der Waals surface area (Å²) >= 11 is 0. The third kappa shape index (κ3) is 6.14. The quantitative estimate of drug-likeness (QED) is 0.410. The molecule has 0 spiro atoms. The van der Waals surface area contributed by atoms with Gasteiger partial charge in [0.25, 0.3) is 0 Å². The zero-order valence-corrected chi connectivity index (χ0v) is 23.2. The van der Waals surface area contributed by atoms with Gasteiger partial charge < -0.3 is 14.6 Å². The van der Waals surface area contributed by atoms with Crippen molar-refractivity contribution in [2.24, 2.45) is 17.3 Å². The predicted molar refractivity (Wildman–Crippen MR) is 147 cm³/mol. The van der Waals surface area contributed by atoms with Crippen LogP contribution in [-0.2, 0) is 27.4 Å². The Morgan fingerprint density at radius 3 is 2.77 bits per heavy atom. The van der Waals surface area contributed by atoms with Crippen molar-refractivity contribution in [3.8, 4) is 0 Å². The van der Waals surface area contributed by atoms with Crippen molar-refractivity contribution in [1.82, 2.24) is 14.6 Å². The van der Waals surface area contributed by atoms with Crippen LogP contribution >= 0.6 is 0 Å². The predicted octanol–water partition coefficient (Wildman–Crippen LogP) is 5.59. The molecular weight excluding hydrogens is 527 g/mol. The molecule has 39 heavy (non-hydrogen) atoms. The molecule has 2 fully saturated rings. The van der Waals surface area contributed by atoms with E-state index in [1.54, 1.807) is 6.07 Å². The summed E-state index contributed by atoms with van der Waals surface area (Å²) in [4.78, 5) is 5.89. The number of fused-ring (bicyclic) bond motifs is 4. The van der Waals surface area contributed by atoms with E-state index in [1.165, 1.54) is 17.6 Å². The van der Waals surface area contributed by atoms with Crippen LogP contribution in [0.25, 0.3) is 10.9 Å². The number of likely N-dealkylation sites (tertiary alicyclic amines) is 1. The standard InChI is InChI=1S/C29H38F3N3O3S/c1-3-11-33-39(36,37)16-10-28(8-14-38-15-9-28)7-13-35-12-6-21-17-26-27(20(2)24(21)19-35)23-18-22(29(30,31)32)4-5-25(23)34-26/h3-5,10,16,18,20-21,24,33-34H,1,6-9,11-15,17,19H2,2H3/b16-10+/t20-,21-,24-/m1/s1. The first kappa shape index (κ1) is 28.4. The maximum absolute atomic E-state index is 13.4. The highest BCUT2D eigenvalue weighted by molar-refractivity contribution is 7.92. The molecule has 0 bridgehead atoms. The number of hydrogen-bond donors (Lipinski definition) is 2. The Kier molecular flexibility index (Phi) is 8.03. The van der Waals surface area contributed by atoms with Gasteiger partial charge in [0, 0.05) is 48.3 Å². The van der Waals surface area contributed by atoms with Crippen LogP contribution in [0.4, 0.5) is 13.2 Å². The second kappa shape index (κ2) is 11.0. The second-order valence-electron chi connectivity index (χ2n) is 11.5. The van der Waals surface area contributed by atoms with Gasteiger partial charge >= 0.3 is 6.18 Å². The molecule has 1 aliphatic carbocycles. The van der Waals surface area contributed by atoms with E-state index in [4.69, 9.17) is 4.74 Å². The Balaban J connectivity index is 1.30. The summed E-state index contributed by atoms with van der Waals surface area (Å²) in [5, 5.41) is 1.99. The molecule has 0 amide bonds. The van der Waals surface area contributed by atoms with Crippen molar-refractivity contribution >= 4 is 20.9 Å². The van der Waals surface area contributed by atoms with Crippen LogP contribution in [-0.4, -0.2) is 57.7 Å². The molecule has 3 aliphatic rings. The van der Waals surface area contributed by atoms with Gasteiger partial charge in [0.05, 0.1) is 5.56 Å². The minimum Gasteiger partial charge on any atom is -0.381 e. The Labute approximate surface area is 228 Å². The fourth-order valence-corrected chi connectivity index (χ4v) is 7.76. The van der Waals surface area contributed by atoms with Crippen LogP contribution in [0.1, 0.15) is 55.3 Å². The van der Waals surface area contributed by atoms with Gasteiger partial charge in [0.2, 0.25) is 10.0 Å². The maximum Gasteiger partial charge on any atom is 0.416 e. The van der Waals surface area contributed by atoms with Crippen LogP contribution in [0.15, 0.2) is 42.3 Å². The zero-order valence-electron chi connectivity index (χ0n) is 22.4. The number of halogens is 3. The van der Waals surface area contributed by atoms with E-state index in [1.807, 2.05) is 6.08 Å². The lowest BCUT2D eigenvalue weighted by molar-refractivity contribution is -0.137. The molecule has 2 aliphatic heterocycles. The maximum atomic E-state index is 13.4. The van der Waals surface area contributed by atoms with Gasteiger partial charge in [-0.1, -0.05) is 19.1 Å². The molecule has 0 radical (unpaired) electrons. The number of aromatic amines is 1. The van der Waals surface area contributed by atoms with Crippen LogP contribution in [0.5, 0.6) is 0 Å². The summed E-state index contributed by atoms with van der Waals surface area (Å²) in [5.74, 6) is 1.01. The molecule has 6 nitrogen and oxygen atoms in total. The molecule has 2 saturated heterocycles. The van der Waals surface area contributed by atoms with Crippen LogP contribution in [0.2, 0.25) is 0 Å². The van der Waals surface area contributed by atoms with Crippen molar-refractivity contribution in [2.45, 2.75) is 51.1 Å². The van der Waals surface area contributed by atoms with Crippen molar-refractivity contribution in [1.29, 1.82) is 0 Å². The van der Waals surface area contributed by atoms with Gasteiger partial charge in [-0.05, 0) is 92.1 Å². The zero-order chi connectivity index (χ0) is 27.8. The van der Waals surface area contributed by atoms with E-state index in [9.17, 15) is 21.6 Å². The summed E-state index contributed by atoms with van der Waals surface area (Å²) in [7, 11) is -3.53. The number of H-pyrrole nitrogens is 1. The molecule has 214 valence electrons. The molecule has 10 heteroatoms. The number of allylic oxidation sites excluding steroid dienone is 1. The summed E-state index contributed by atoms with van der Waals surface area (Å²) in [5.41, 5.74) is 2.06. The molecule has 1 aromatic heterocycles. The molecule has 2 aromatic rings. The molecular formula is C29H38F3N3O3S. The monoisotopic (exact) mass is 565 g/mol. The number of aromatic nitrogens is 1. The van der Waals surface area contributed by atoms with Gasteiger partial charge in [-0.2, -0.15) is 13.2 Å². The van der Waals surface area contributed by atoms with Gasteiger partial charge in [-0.3, -0.25) is 0 Å². The Hall–Kier alpha value is -2.14. The highest BCUT2D eigenvalue weighted by Crippen LogP contribution is 2.47. The molecule has 1 aromatic carbocycles. The summed E-state index contributed by atoms with van der Waals surface area (Å²) in [6.45, 7) is 9.84. The number of benzene rings is 1. The SMILES string of the molecule is C=CCNS(=O)(=O)/C=C/C1(CCN2CC[C@@H]3Cc4[nH]c5ccc(C(F)(F)F)cc5c4[C@H](C)[C@H]3C2)CCOCC1. The van der Waals surface area contributed by atoms with Gasteiger partial charge in [0.15, 0.2) is 0 Å². The van der Waals surface area contributed by atoms with E-state index in [2.05, 4.69) is 28.1 Å². The van der Waals surface area contributed by atoms with Crippen LogP contribution < -0.4 is 4.72 Å². The second-order valence-corrected chi connectivity index (χ2v) is 13.1. The van der Waals surface area contributed by atoms with Crippen molar-refractivity contribution in [3.63, 3.8) is 0 Å². The number of piperidine rings is 1. The lowest BCUT2D eigenvalue weighted by atomic mass is 9.68. The average Bonchev–Trinajstić information content (AvgIpc) is 3.28. The molecule has 0 saturated carbocycles. The Bertz CT molecular complexity index is 1330. The fraction of sp³-hybridized carbons (Fsp3) is 0.586. The van der Waals surface area contributed by atoms with Crippen molar-refractivity contribution in [3.05, 3.63) is 59.2 Å². The summed E-state index contributed by atoms with van der Waals surface area (Å²) < 4.78 is 73.2. The largest absolute Gasteiger partial charge is 0.416 e. The van der Waals surface area contributed by atoms with Gasteiger partial charge in [-0.15, -0.1) is 6.58 Å². The third-order valence-electron chi connectivity index (χ3n) is 9.15. The molecule has 5 rings (SSSR count). The number of sulfonamides is 1. The molecule has 2 N–H and O–H groups in total. The number of hydrogen-bond acceptors (Lipinski definition) is 4. The van der Waals surface area contributed by atoms with Gasteiger partial charge in [-0.25, -0.2) is 13.1 Å². The normalized spacial score (nSPS) is 26.0. The highest BCUT2D eigenvalue weighted by Gasteiger charge is 2.41. The fourth-order valence-electron chi connectivity index (χ4n) is 6.84. The van der Waals surface area contributed by atoms with E-state index < -0.39 is 21.8 Å². The number of ether oxygens (including phenoxy) is 1. The number of rotatable bonds is 8. The van der Waals surface area contributed by atoms with Crippen LogP contribution in [0, 0.1) is 17.3 Å². The number of nitrogens with zero attached hydrogens (tertiary/aromatic N) is 1. The van der Waals surface area contributed by atoms with Gasteiger partial charge in [0.1, 0.15) is 0 Å². The summed E-state index contributed by atoms with van der Waals surface area (Å²) in [6, 6.07) is 4.03. The van der Waals surface area contributed by atoms with E-state index in [0.29, 0.717) is 30.4 Å². The molecule has 3 atom stereocenters. The van der Waals surface area contributed by atoms with Crippen molar-refractivity contribution in [2.75, 3.05) is 39.4 Å². The minimum atomic E-state index is -4.37. The lowest BCUT2D eigenvalue weighted by Crippen LogP contribution is -2.46. The van der Waals surface area contributed by atoms with E-state index >= 15 is 0 Å². The van der Waals surface area contributed by atoms with Crippen LogP contribution in [0.3, 0.4) is 0 Å². The highest BCUT2D eigenvalue weighted by atomic mass is 32.2. The van der Waals surface area contributed by atoms with E-state index in [-0.39, 0.29) is 17.9 Å². The Morgan fingerprint density at radius 1 is 1.28 bits per heavy atom. The smallest absolute Gasteiger partial charge is 0.381 e. The Morgan fingerprint density at radius 2 is 2.05 bits per heavy atom. The first-order valence-electron chi connectivity index (χ1n) is 13.8. The average molecular weight is 566 g/mol. The first-order chi connectivity index (χ1) is 18.5. The number of nitrogens with one attached hydrogen (secondary N) is 2.